The van der Waals surface area contributed by atoms with E-state index in [9.17, 15) is 4.79 Å². The minimum absolute atomic E-state index is 0.0538. The smallest absolute Gasteiger partial charge is 0.237 e. The van der Waals surface area contributed by atoms with Crippen LogP contribution in [0.4, 0.5) is 0 Å². The van der Waals surface area contributed by atoms with Gasteiger partial charge in [-0.25, -0.2) is 0 Å². The number of nitrogens with two attached hydrogens (primary N) is 1. The highest BCUT2D eigenvalue weighted by Crippen LogP contribution is 2.32. The van der Waals surface area contributed by atoms with Gasteiger partial charge in [-0.1, -0.05) is 17.7 Å². The second kappa shape index (κ2) is 6.64. The van der Waals surface area contributed by atoms with E-state index in [4.69, 9.17) is 17.3 Å². The molecule has 1 amide bonds. The van der Waals surface area contributed by atoms with Crippen molar-refractivity contribution in [1.29, 1.82) is 0 Å². The Morgan fingerprint density at radius 3 is 3.16 bits per heavy atom. The maximum atomic E-state index is 12.0. The van der Waals surface area contributed by atoms with Crippen molar-refractivity contribution in [2.75, 3.05) is 12.0 Å². The molecule has 104 valence electrons. The van der Waals surface area contributed by atoms with Gasteiger partial charge in [0.25, 0.3) is 0 Å². The summed E-state index contributed by atoms with van der Waals surface area (Å²) in [5.74, 6) is 0.854. The zero-order valence-electron chi connectivity index (χ0n) is 11.0. The summed E-state index contributed by atoms with van der Waals surface area (Å²) < 4.78 is 0. The van der Waals surface area contributed by atoms with E-state index >= 15 is 0 Å². The van der Waals surface area contributed by atoms with Crippen molar-refractivity contribution >= 4 is 29.3 Å². The first kappa shape index (κ1) is 14.7. The number of hydrogen-bond acceptors (Lipinski definition) is 3. The Morgan fingerprint density at radius 2 is 2.42 bits per heavy atom. The molecule has 5 heteroatoms. The molecule has 3 nitrogen and oxygen atoms in total. The van der Waals surface area contributed by atoms with Crippen LogP contribution in [0.15, 0.2) is 18.2 Å². The van der Waals surface area contributed by atoms with Gasteiger partial charge in [-0.2, -0.15) is 11.8 Å². The molecule has 0 saturated carbocycles. The molecule has 1 aromatic carbocycles. The number of hydrogen-bond donors (Lipinski definition) is 2. The normalized spacial score (nSPS) is 19.0. The van der Waals surface area contributed by atoms with Gasteiger partial charge in [0.15, 0.2) is 0 Å². The Morgan fingerprint density at radius 1 is 1.63 bits per heavy atom. The number of benzene rings is 1. The SMILES string of the molecule is CSCC[C@H](N)C(=O)NC1CCc2cc(Cl)ccc21. The zero-order chi connectivity index (χ0) is 13.8. The number of nitrogens with one attached hydrogen (secondary N) is 1. The van der Waals surface area contributed by atoms with Crippen LogP contribution in [0, 0.1) is 0 Å². The van der Waals surface area contributed by atoms with E-state index in [1.165, 1.54) is 11.1 Å². The number of carbonyl (C=O) groups excluding carboxylic acids is 1. The molecular formula is C14H19ClN2OS. The van der Waals surface area contributed by atoms with Crippen LogP contribution >= 0.6 is 23.4 Å². The highest BCUT2D eigenvalue weighted by molar-refractivity contribution is 7.98. The molecule has 0 aromatic heterocycles. The van der Waals surface area contributed by atoms with E-state index in [0.29, 0.717) is 6.42 Å². The second-order valence-electron chi connectivity index (χ2n) is 4.83. The van der Waals surface area contributed by atoms with Crippen molar-refractivity contribution in [2.45, 2.75) is 31.3 Å². The first-order valence-electron chi connectivity index (χ1n) is 6.45. The Kier molecular flexibility index (Phi) is 5.13. The quantitative estimate of drug-likeness (QED) is 0.878. The molecule has 0 aliphatic heterocycles. The Bertz CT molecular complexity index is 467. The molecule has 0 saturated heterocycles. The summed E-state index contributed by atoms with van der Waals surface area (Å²) in [6.45, 7) is 0. The second-order valence-corrected chi connectivity index (χ2v) is 6.25. The van der Waals surface area contributed by atoms with E-state index in [2.05, 4.69) is 5.32 Å². The molecule has 19 heavy (non-hydrogen) atoms. The highest BCUT2D eigenvalue weighted by atomic mass is 35.5. The Hall–Kier alpha value is -0.710. The zero-order valence-corrected chi connectivity index (χ0v) is 12.6. The van der Waals surface area contributed by atoms with Crippen LogP contribution in [0.5, 0.6) is 0 Å². The summed E-state index contributed by atoms with van der Waals surface area (Å²) >= 11 is 7.68. The van der Waals surface area contributed by atoms with Crippen LogP contribution in [0.2, 0.25) is 5.02 Å². The van der Waals surface area contributed by atoms with Gasteiger partial charge in [-0.3, -0.25) is 4.79 Å². The lowest BCUT2D eigenvalue weighted by Gasteiger charge is -2.17. The van der Waals surface area contributed by atoms with E-state index in [-0.39, 0.29) is 11.9 Å². The van der Waals surface area contributed by atoms with Gasteiger partial charge in [-0.05, 0) is 54.5 Å². The van der Waals surface area contributed by atoms with Crippen molar-refractivity contribution < 1.29 is 4.79 Å². The summed E-state index contributed by atoms with van der Waals surface area (Å²) in [6, 6.07) is 5.53. The molecule has 3 N–H and O–H groups in total. The van der Waals surface area contributed by atoms with E-state index < -0.39 is 6.04 Å². The molecule has 2 rings (SSSR count). The van der Waals surface area contributed by atoms with Crippen molar-refractivity contribution in [1.82, 2.24) is 5.32 Å². The number of amides is 1. The monoisotopic (exact) mass is 298 g/mol. The first-order valence-corrected chi connectivity index (χ1v) is 8.22. The van der Waals surface area contributed by atoms with Gasteiger partial charge >= 0.3 is 0 Å². The third-order valence-electron chi connectivity index (χ3n) is 3.47. The number of thioether (sulfide) groups is 1. The molecule has 0 fully saturated rings. The summed E-state index contributed by atoms with van der Waals surface area (Å²) in [6.07, 6.45) is 4.62. The van der Waals surface area contributed by atoms with E-state index in [1.54, 1.807) is 11.8 Å². The largest absolute Gasteiger partial charge is 0.348 e. The molecule has 1 aliphatic rings. The summed E-state index contributed by atoms with van der Waals surface area (Å²) in [5.41, 5.74) is 8.29. The van der Waals surface area contributed by atoms with Gasteiger partial charge in [0.1, 0.15) is 0 Å². The standard InChI is InChI=1S/C14H19ClN2OS/c1-19-7-6-12(16)14(18)17-13-5-2-9-8-10(15)3-4-11(9)13/h3-4,8,12-13H,2,5-7,16H2,1H3,(H,17,18)/t12-,13?/m0/s1. The van der Waals surface area contributed by atoms with Crippen LogP contribution in [-0.4, -0.2) is 24.0 Å². The molecule has 0 spiro atoms. The molecular weight excluding hydrogens is 280 g/mol. The minimum atomic E-state index is -0.413. The summed E-state index contributed by atoms with van der Waals surface area (Å²) in [5, 5.41) is 3.80. The lowest BCUT2D eigenvalue weighted by molar-refractivity contribution is -0.123. The summed E-state index contributed by atoms with van der Waals surface area (Å²) in [4.78, 5) is 12.0. The number of rotatable bonds is 5. The van der Waals surface area contributed by atoms with Crippen molar-refractivity contribution in [3.8, 4) is 0 Å². The van der Waals surface area contributed by atoms with Gasteiger partial charge in [0, 0.05) is 5.02 Å². The number of aryl methyl sites for hydroxylation is 1. The molecule has 1 aliphatic carbocycles. The minimum Gasteiger partial charge on any atom is -0.348 e. The van der Waals surface area contributed by atoms with Crippen molar-refractivity contribution in [2.24, 2.45) is 5.73 Å². The predicted octanol–water partition coefficient (Wildman–Crippen LogP) is 2.52. The van der Waals surface area contributed by atoms with E-state index in [1.807, 2.05) is 24.5 Å². The first-order chi connectivity index (χ1) is 9.11. The van der Waals surface area contributed by atoms with Crippen molar-refractivity contribution in [3.63, 3.8) is 0 Å². The molecule has 0 bridgehead atoms. The van der Waals surface area contributed by atoms with Crippen LogP contribution in [0.1, 0.15) is 30.0 Å². The van der Waals surface area contributed by atoms with Crippen LogP contribution in [0.25, 0.3) is 0 Å². The Balaban J connectivity index is 1.97. The van der Waals surface area contributed by atoms with E-state index in [0.717, 1.165) is 23.6 Å². The molecule has 2 atom stereocenters. The number of carbonyl (C=O) groups is 1. The molecule has 1 aromatic rings. The summed E-state index contributed by atoms with van der Waals surface area (Å²) in [7, 11) is 0. The molecule has 0 heterocycles. The highest BCUT2D eigenvalue weighted by Gasteiger charge is 2.25. The van der Waals surface area contributed by atoms with Crippen LogP contribution in [0.3, 0.4) is 0 Å². The van der Waals surface area contributed by atoms with Gasteiger partial charge in [0.2, 0.25) is 5.91 Å². The average Bonchev–Trinajstić information content (AvgIpc) is 2.78. The average molecular weight is 299 g/mol. The topological polar surface area (TPSA) is 55.1 Å². The maximum Gasteiger partial charge on any atom is 0.237 e. The number of fused-ring (bicyclic) bond motifs is 1. The third kappa shape index (κ3) is 3.65. The lowest BCUT2D eigenvalue weighted by atomic mass is 10.1. The lowest BCUT2D eigenvalue weighted by Crippen LogP contribution is -2.42. The predicted molar refractivity (Wildman–Crippen MR) is 81.6 cm³/mol. The fraction of sp³-hybridized carbons (Fsp3) is 0.500. The molecule has 0 radical (unpaired) electrons. The van der Waals surface area contributed by atoms with Crippen molar-refractivity contribution in [3.05, 3.63) is 34.3 Å². The van der Waals surface area contributed by atoms with Crippen LogP contribution < -0.4 is 11.1 Å². The Labute approximate surface area is 123 Å². The van der Waals surface area contributed by atoms with Gasteiger partial charge < -0.3 is 11.1 Å². The third-order valence-corrected chi connectivity index (χ3v) is 4.35. The maximum absolute atomic E-state index is 12.0. The van der Waals surface area contributed by atoms with Crippen LogP contribution in [-0.2, 0) is 11.2 Å². The number of halogens is 1. The fourth-order valence-electron chi connectivity index (χ4n) is 2.39. The van der Waals surface area contributed by atoms with Gasteiger partial charge in [-0.15, -0.1) is 0 Å². The fourth-order valence-corrected chi connectivity index (χ4v) is 3.08. The molecule has 1 unspecified atom stereocenters. The van der Waals surface area contributed by atoms with Gasteiger partial charge in [0.05, 0.1) is 12.1 Å².